The monoisotopic (exact) mass is 419 g/mol. The maximum absolute atomic E-state index is 12.5. The summed E-state index contributed by atoms with van der Waals surface area (Å²) < 4.78 is 0. The van der Waals surface area contributed by atoms with Crippen LogP contribution >= 0.6 is 11.6 Å². The Hall–Kier alpha value is -3.38. The van der Waals surface area contributed by atoms with Crippen LogP contribution in [0.3, 0.4) is 0 Å². The fraction of sp³-hybridized carbons (Fsp3) is 0.174. The molecule has 2 aromatic heterocycles. The number of H-pyrrole nitrogens is 1. The zero-order chi connectivity index (χ0) is 20.8. The van der Waals surface area contributed by atoms with Gasteiger partial charge in [-0.05, 0) is 29.3 Å². The van der Waals surface area contributed by atoms with Gasteiger partial charge in [-0.3, -0.25) is 4.79 Å². The number of fused-ring (bicyclic) bond motifs is 1. The van der Waals surface area contributed by atoms with Crippen LogP contribution < -0.4 is 10.6 Å². The quantitative estimate of drug-likeness (QED) is 0.396. The first-order chi connectivity index (χ1) is 14.7. The average molecular weight is 420 g/mol. The van der Waals surface area contributed by atoms with Crippen LogP contribution in [0.15, 0.2) is 73.2 Å². The molecular formula is C23H22ClN5O. The normalized spacial score (nSPS) is 11.9. The minimum Gasteiger partial charge on any atom is -0.361 e. The van der Waals surface area contributed by atoms with Gasteiger partial charge in [0.05, 0.1) is 0 Å². The van der Waals surface area contributed by atoms with Crippen LogP contribution in [0.5, 0.6) is 0 Å². The van der Waals surface area contributed by atoms with Crippen molar-refractivity contribution in [1.82, 2.24) is 20.3 Å². The summed E-state index contributed by atoms with van der Waals surface area (Å²) >= 11 is 6.51. The molecule has 0 aliphatic carbocycles. The highest BCUT2D eigenvalue weighted by Gasteiger charge is 2.21. The van der Waals surface area contributed by atoms with E-state index in [1.807, 2.05) is 48.7 Å². The van der Waals surface area contributed by atoms with Crippen molar-refractivity contribution in [2.75, 3.05) is 18.4 Å². The number of hydrogen-bond acceptors (Lipinski definition) is 4. The van der Waals surface area contributed by atoms with Crippen LogP contribution in [0, 0.1) is 0 Å². The first kappa shape index (κ1) is 19.9. The van der Waals surface area contributed by atoms with Gasteiger partial charge in [0.15, 0.2) is 0 Å². The van der Waals surface area contributed by atoms with Gasteiger partial charge in [0.2, 0.25) is 11.9 Å². The maximum atomic E-state index is 12.5. The van der Waals surface area contributed by atoms with E-state index in [-0.39, 0.29) is 11.8 Å². The summed E-state index contributed by atoms with van der Waals surface area (Å²) in [5.74, 6) is 0.401. The maximum Gasteiger partial charge on any atom is 0.222 e. The summed E-state index contributed by atoms with van der Waals surface area (Å²) in [6.07, 6.45) is 5.64. The van der Waals surface area contributed by atoms with E-state index in [1.54, 1.807) is 18.5 Å². The Balaban J connectivity index is 1.47. The van der Waals surface area contributed by atoms with E-state index in [0.29, 0.717) is 30.5 Å². The predicted octanol–water partition coefficient (Wildman–Crippen LogP) is 4.36. The standard InChI is InChI=1S/C23H22ClN5O/c24-20-8-3-1-6-16(20)18(19-14-28-21-9-4-2-7-17(19)21)15-29-22(30)10-13-27-23-25-11-5-12-26-23/h1-9,11-12,14,18,28H,10,13,15H2,(H,29,30)(H,25,26,27). The zero-order valence-electron chi connectivity index (χ0n) is 16.3. The average Bonchev–Trinajstić information content (AvgIpc) is 3.20. The highest BCUT2D eigenvalue weighted by atomic mass is 35.5. The summed E-state index contributed by atoms with van der Waals surface area (Å²) in [5, 5.41) is 7.91. The van der Waals surface area contributed by atoms with E-state index in [2.05, 4.69) is 31.7 Å². The lowest BCUT2D eigenvalue weighted by molar-refractivity contribution is -0.120. The van der Waals surface area contributed by atoms with Gasteiger partial charge < -0.3 is 15.6 Å². The van der Waals surface area contributed by atoms with Gasteiger partial charge in [-0.2, -0.15) is 0 Å². The van der Waals surface area contributed by atoms with E-state index >= 15 is 0 Å². The molecule has 2 heterocycles. The number of rotatable bonds is 8. The van der Waals surface area contributed by atoms with Crippen molar-refractivity contribution in [2.45, 2.75) is 12.3 Å². The van der Waals surface area contributed by atoms with Crippen molar-refractivity contribution in [3.05, 3.63) is 89.3 Å². The van der Waals surface area contributed by atoms with Gasteiger partial charge in [-0.15, -0.1) is 0 Å². The van der Waals surface area contributed by atoms with Crippen molar-refractivity contribution in [1.29, 1.82) is 0 Å². The molecule has 4 rings (SSSR count). The Morgan fingerprint density at radius 1 is 1.00 bits per heavy atom. The van der Waals surface area contributed by atoms with E-state index in [1.165, 1.54) is 0 Å². The lowest BCUT2D eigenvalue weighted by Gasteiger charge is -2.19. The molecule has 0 saturated carbocycles. The molecule has 1 unspecified atom stereocenters. The van der Waals surface area contributed by atoms with Gasteiger partial charge in [-0.1, -0.05) is 48.0 Å². The zero-order valence-corrected chi connectivity index (χ0v) is 17.1. The highest BCUT2D eigenvalue weighted by Crippen LogP contribution is 2.34. The fourth-order valence-electron chi connectivity index (χ4n) is 3.51. The summed E-state index contributed by atoms with van der Waals surface area (Å²) in [6, 6.07) is 17.6. The van der Waals surface area contributed by atoms with Crippen LogP contribution in [0.4, 0.5) is 5.95 Å². The number of carbonyl (C=O) groups is 1. The predicted molar refractivity (Wildman–Crippen MR) is 120 cm³/mol. The van der Waals surface area contributed by atoms with Gasteiger partial charge >= 0.3 is 0 Å². The third kappa shape index (κ3) is 4.60. The number of benzene rings is 2. The van der Waals surface area contributed by atoms with Crippen LogP contribution in [0.25, 0.3) is 10.9 Å². The summed E-state index contributed by atoms with van der Waals surface area (Å²) in [7, 11) is 0. The molecule has 0 bridgehead atoms. The van der Waals surface area contributed by atoms with Gasteiger partial charge in [-0.25, -0.2) is 9.97 Å². The molecular weight excluding hydrogens is 398 g/mol. The largest absolute Gasteiger partial charge is 0.361 e. The lowest BCUT2D eigenvalue weighted by atomic mass is 9.90. The van der Waals surface area contributed by atoms with Crippen LogP contribution in [0.1, 0.15) is 23.5 Å². The molecule has 0 saturated heterocycles. The van der Waals surface area contributed by atoms with Crippen molar-refractivity contribution in [3.8, 4) is 0 Å². The van der Waals surface area contributed by atoms with Crippen molar-refractivity contribution in [3.63, 3.8) is 0 Å². The summed E-state index contributed by atoms with van der Waals surface area (Å²) in [4.78, 5) is 24.0. The number of hydrogen-bond donors (Lipinski definition) is 3. The molecule has 1 amide bonds. The number of amides is 1. The number of para-hydroxylation sites is 1. The molecule has 0 fully saturated rings. The first-order valence-corrected chi connectivity index (χ1v) is 10.2. The smallest absolute Gasteiger partial charge is 0.222 e. The third-order valence-electron chi connectivity index (χ3n) is 4.98. The summed E-state index contributed by atoms with van der Waals surface area (Å²) in [6.45, 7) is 0.909. The van der Waals surface area contributed by atoms with Gasteiger partial charge in [0.1, 0.15) is 0 Å². The fourth-order valence-corrected chi connectivity index (χ4v) is 3.78. The van der Waals surface area contributed by atoms with Gasteiger partial charge in [0.25, 0.3) is 0 Å². The van der Waals surface area contributed by atoms with E-state index < -0.39 is 0 Å². The second kappa shape index (κ2) is 9.41. The number of nitrogens with one attached hydrogen (secondary N) is 3. The van der Waals surface area contributed by atoms with Crippen LogP contribution in [0.2, 0.25) is 5.02 Å². The van der Waals surface area contributed by atoms with E-state index in [4.69, 9.17) is 11.6 Å². The second-order valence-corrected chi connectivity index (χ2v) is 7.32. The van der Waals surface area contributed by atoms with Gasteiger partial charge in [0, 0.05) is 59.9 Å². The Kier molecular flexibility index (Phi) is 6.25. The molecule has 3 N–H and O–H groups in total. The number of halogens is 1. The Morgan fingerprint density at radius 3 is 2.60 bits per heavy atom. The van der Waals surface area contributed by atoms with E-state index in [0.717, 1.165) is 22.0 Å². The number of aromatic amines is 1. The van der Waals surface area contributed by atoms with Crippen molar-refractivity contribution < 1.29 is 4.79 Å². The molecule has 0 spiro atoms. The molecule has 1 atom stereocenters. The van der Waals surface area contributed by atoms with Crippen LogP contribution in [-0.2, 0) is 4.79 Å². The molecule has 0 aliphatic rings. The molecule has 30 heavy (non-hydrogen) atoms. The number of aromatic nitrogens is 3. The van der Waals surface area contributed by atoms with Crippen LogP contribution in [-0.4, -0.2) is 33.9 Å². The minimum atomic E-state index is -0.0655. The molecule has 152 valence electrons. The molecule has 4 aromatic rings. The highest BCUT2D eigenvalue weighted by molar-refractivity contribution is 6.31. The number of nitrogens with zero attached hydrogens (tertiary/aromatic N) is 2. The SMILES string of the molecule is O=C(CCNc1ncccn1)NCC(c1ccccc1Cl)c1c[nH]c2ccccc12. The first-order valence-electron chi connectivity index (χ1n) is 9.80. The molecule has 7 heteroatoms. The Labute approximate surface area is 179 Å². The lowest BCUT2D eigenvalue weighted by Crippen LogP contribution is -2.30. The Morgan fingerprint density at radius 2 is 1.77 bits per heavy atom. The summed E-state index contributed by atoms with van der Waals surface area (Å²) in [5.41, 5.74) is 3.15. The number of carbonyl (C=O) groups excluding carboxylic acids is 1. The van der Waals surface area contributed by atoms with Crippen molar-refractivity contribution >= 4 is 34.4 Å². The molecule has 2 aromatic carbocycles. The molecule has 0 aliphatic heterocycles. The molecule has 6 nitrogen and oxygen atoms in total. The minimum absolute atomic E-state index is 0.0460. The topological polar surface area (TPSA) is 82.7 Å². The third-order valence-corrected chi connectivity index (χ3v) is 5.33. The van der Waals surface area contributed by atoms with Crippen molar-refractivity contribution in [2.24, 2.45) is 0 Å². The number of anilines is 1. The second-order valence-electron chi connectivity index (χ2n) is 6.92. The molecule has 0 radical (unpaired) electrons. The Bertz CT molecular complexity index is 1130. The van der Waals surface area contributed by atoms with E-state index in [9.17, 15) is 4.79 Å².